The topological polar surface area (TPSA) is 94.0 Å². The third-order valence-electron chi connectivity index (χ3n) is 5.95. The van der Waals surface area contributed by atoms with E-state index in [2.05, 4.69) is 39.8 Å². The highest BCUT2D eigenvalue weighted by atomic mass is 32.2. The summed E-state index contributed by atoms with van der Waals surface area (Å²) in [5.74, 6) is 1.47. The Morgan fingerprint density at radius 1 is 1.12 bits per heavy atom. The van der Waals surface area contributed by atoms with Gasteiger partial charge < -0.3 is 9.88 Å². The van der Waals surface area contributed by atoms with Gasteiger partial charge in [0.2, 0.25) is 5.91 Å². The van der Waals surface area contributed by atoms with Crippen LogP contribution in [-0.2, 0) is 28.1 Å². The number of hydrogen-bond acceptors (Lipinski definition) is 6. The molecule has 1 fully saturated rings. The number of rotatable bonds is 8. The lowest BCUT2D eigenvalue weighted by atomic mass is 10.0. The van der Waals surface area contributed by atoms with Gasteiger partial charge in [0.1, 0.15) is 5.82 Å². The van der Waals surface area contributed by atoms with Crippen molar-refractivity contribution in [3.8, 4) is 11.1 Å². The Kier molecular flexibility index (Phi) is 7.19. The minimum atomic E-state index is -2.91. The molecule has 174 valence electrons. The molecule has 1 aromatic heterocycles. The molecule has 1 amide bonds. The molecule has 9 heteroatoms. The van der Waals surface area contributed by atoms with Gasteiger partial charge in [-0.05, 0) is 36.0 Å². The Hall–Kier alpha value is -2.65. The minimum absolute atomic E-state index is 0.0777. The maximum atomic E-state index is 12.5. The third kappa shape index (κ3) is 6.03. The molecule has 0 saturated carbocycles. The van der Waals surface area contributed by atoms with E-state index in [1.165, 1.54) is 11.8 Å². The van der Waals surface area contributed by atoms with Crippen molar-refractivity contribution in [1.29, 1.82) is 0 Å². The monoisotopic (exact) mass is 484 g/mol. The van der Waals surface area contributed by atoms with E-state index in [4.69, 9.17) is 0 Å². The summed E-state index contributed by atoms with van der Waals surface area (Å²) in [5.41, 5.74) is 3.34. The fraction of sp³-hybridized carbons (Fsp3) is 0.375. The summed E-state index contributed by atoms with van der Waals surface area (Å²) in [4.78, 5) is 12.5. The van der Waals surface area contributed by atoms with Gasteiger partial charge in [-0.15, -0.1) is 10.2 Å². The van der Waals surface area contributed by atoms with E-state index < -0.39 is 9.84 Å². The third-order valence-corrected chi connectivity index (χ3v) is 8.81. The molecule has 2 aromatic carbocycles. The second-order valence-electron chi connectivity index (χ2n) is 8.50. The van der Waals surface area contributed by atoms with Crippen molar-refractivity contribution < 1.29 is 13.2 Å². The Morgan fingerprint density at radius 3 is 2.48 bits per heavy atom. The first kappa shape index (κ1) is 23.5. The summed E-state index contributed by atoms with van der Waals surface area (Å²) < 4.78 is 25.2. The predicted molar refractivity (Wildman–Crippen MR) is 131 cm³/mol. The normalized spacial score (nSPS) is 18.2. The van der Waals surface area contributed by atoms with Crippen LogP contribution in [0.2, 0.25) is 0 Å². The molecule has 0 unspecified atom stereocenters. The summed E-state index contributed by atoms with van der Waals surface area (Å²) in [6, 6.07) is 18.3. The molecule has 4 rings (SSSR count). The number of sulfone groups is 1. The highest BCUT2D eigenvalue weighted by Gasteiger charge is 2.29. The number of nitrogens with zero attached hydrogens (tertiary/aromatic N) is 3. The molecule has 1 saturated heterocycles. The van der Waals surface area contributed by atoms with Gasteiger partial charge in [0.05, 0.1) is 23.3 Å². The Morgan fingerprint density at radius 2 is 1.82 bits per heavy atom. The molecule has 3 aromatic rings. The maximum Gasteiger partial charge on any atom is 0.230 e. The molecule has 0 spiro atoms. The molecule has 0 radical (unpaired) electrons. The smallest absolute Gasteiger partial charge is 0.230 e. The van der Waals surface area contributed by atoms with Crippen LogP contribution in [0.4, 0.5) is 0 Å². The van der Waals surface area contributed by atoms with Crippen LogP contribution in [0.25, 0.3) is 11.1 Å². The molecular weight excluding hydrogens is 456 g/mol. The van der Waals surface area contributed by atoms with E-state index in [9.17, 15) is 13.2 Å². The first-order chi connectivity index (χ1) is 15.8. The van der Waals surface area contributed by atoms with Crippen molar-refractivity contribution in [3.05, 3.63) is 66.0 Å². The van der Waals surface area contributed by atoms with E-state index in [0.29, 0.717) is 18.0 Å². The van der Waals surface area contributed by atoms with Crippen LogP contribution in [0.15, 0.2) is 59.8 Å². The second-order valence-corrected chi connectivity index (χ2v) is 11.7. The van der Waals surface area contributed by atoms with Crippen LogP contribution < -0.4 is 5.32 Å². The number of nitrogens with one attached hydrogen (secondary N) is 1. The van der Waals surface area contributed by atoms with Gasteiger partial charge in [0.15, 0.2) is 15.0 Å². The van der Waals surface area contributed by atoms with Gasteiger partial charge >= 0.3 is 0 Å². The van der Waals surface area contributed by atoms with Crippen molar-refractivity contribution >= 4 is 27.5 Å². The number of aromatic nitrogens is 3. The van der Waals surface area contributed by atoms with Crippen LogP contribution in [0.5, 0.6) is 0 Å². The van der Waals surface area contributed by atoms with Gasteiger partial charge in [-0.25, -0.2) is 8.42 Å². The number of carbonyl (C=O) groups is 1. The van der Waals surface area contributed by atoms with Crippen molar-refractivity contribution in [2.24, 2.45) is 13.0 Å². The molecule has 0 aliphatic carbocycles. The van der Waals surface area contributed by atoms with Crippen molar-refractivity contribution in [2.75, 3.05) is 17.3 Å². The highest BCUT2D eigenvalue weighted by molar-refractivity contribution is 7.99. The van der Waals surface area contributed by atoms with Gasteiger partial charge in [0.25, 0.3) is 0 Å². The molecule has 2 atom stereocenters. The quantitative estimate of drug-likeness (QED) is 0.493. The summed E-state index contributed by atoms with van der Waals surface area (Å²) >= 11 is 1.33. The van der Waals surface area contributed by atoms with E-state index >= 15 is 0 Å². The minimum Gasteiger partial charge on any atom is -0.349 e. The Balaban J connectivity index is 1.28. The Labute approximate surface area is 198 Å². The number of hydrogen-bond donors (Lipinski definition) is 1. The van der Waals surface area contributed by atoms with Crippen LogP contribution in [0.1, 0.15) is 30.8 Å². The largest absolute Gasteiger partial charge is 0.349 e. The second kappa shape index (κ2) is 10.1. The fourth-order valence-corrected chi connectivity index (χ4v) is 6.63. The first-order valence-electron chi connectivity index (χ1n) is 11.0. The molecule has 1 aliphatic rings. The SMILES string of the molecule is C[C@H](NC(=O)CSc1nnc(C[C@H]2CCS(=O)(=O)C2)n1C)c1ccc(-c2ccccc2)cc1. The molecule has 7 nitrogen and oxygen atoms in total. The molecule has 0 bridgehead atoms. The number of benzene rings is 2. The zero-order valence-electron chi connectivity index (χ0n) is 18.8. The molecular formula is C24H28N4O3S2. The van der Waals surface area contributed by atoms with E-state index in [-0.39, 0.29) is 35.1 Å². The van der Waals surface area contributed by atoms with Gasteiger partial charge in [-0.3, -0.25) is 4.79 Å². The van der Waals surface area contributed by atoms with E-state index in [0.717, 1.165) is 22.5 Å². The van der Waals surface area contributed by atoms with Crippen LogP contribution in [-0.4, -0.2) is 46.3 Å². The van der Waals surface area contributed by atoms with Crippen molar-refractivity contribution in [2.45, 2.75) is 31.0 Å². The van der Waals surface area contributed by atoms with E-state index in [1.807, 2.05) is 48.9 Å². The number of thioether (sulfide) groups is 1. The average Bonchev–Trinajstić information content (AvgIpc) is 3.34. The Bertz CT molecular complexity index is 1210. The lowest BCUT2D eigenvalue weighted by Crippen LogP contribution is -2.28. The average molecular weight is 485 g/mol. The van der Waals surface area contributed by atoms with Crippen LogP contribution in [0, 0.1) is 5.92 Å². The molecule has 1 N–H and O–H groups in total. The highest BCUT2D eigenvalue weighted by Crippen LogP contribution is 2.24. The summed E-state index contributed by atoms with van der Waals surface area (Å²) in [7, 11) is -1.05. The van der Waals surface area contributed by atoms with Gasteiger partial charge in [0, 0.05) is 13.5 Å². The van der Waals surface area contributed by atoms with Crippen molar-refractivity contribution in [1.82, 2.24) is 20.1 Å². The first-order valence-corrected chi connectivity index (χ1v) is 13.8. The van der Waals surface area contributed by atoms with Crippen LogP contribution in [0.3, 0.4) is 0 Å². The summed E-state index contributed by atoms with van der Waals surface area (Å²) in [6.07, 6.45) is 1.26. The van der Waals surface area contributed by atoms with Crippen LogP contribution >= 0.6 is 11.8 Å². The van der Waals surface area contributed by atoms with Gasteiger partial charge in [-0.1, -0.05) is 66.4 Å². The fourth-order valence-electron chi connectivity index (χ4n) is 4.03. The number of carbonyl (C=O) groups excluding carboxylic acids is 1. The number of amides is 1. The zero-order chi connectivity index (χ0) is 23.4. The summed E-state index contributed by atoms with van der Waals surface area (Å²) in [6.45, 7) is 1.97. The molecule has 2 heterocycles. The standard InChI is InChI=1S/C24H28N4O3S2/c1-17(19-8-10-21(11-9-19)20-6-4-3-5-7-20)25-23(29)15-32-24-27-26-22(28(24)2)14-18-12-13-33(30,31)16-18/h3-11,17-18H,12-16H2,1-2H3,(H,25,29)/t17-,18+/m0/s1. The lowest BCUT2D eigenvalue weighted by Gasteiger charge is -2.15. The summed E-state index contributed by atoms with van der Waals surface area (Å²) in [5, 5.41) is 12.1. The van der Waals surface area contributed by atoms with Crippen molar-refractivity contribution in [3.63, 3.8) is 0 Å². The predicted octanol–water partition coefficient (Wildman–Crippen LogP) is 3.43. The molecule has 33 heavy (non-hydrogen) atoms. The molecule has 1 aliphatic heterocycles. The van der Waals surface area contributed by atoms with Gasteiger partial charge in [-0.2, -0.15) is 0 Å². The maximum absolute atomic E-state index is 12.5. The zero-order valence-corrected chi connectivity index (χ0v) is 20.4. The van der Waals surface area contributed by atoms with E-state index in [1.54, 1.807) is 0 Å². The lowest BCUT2D eigenvalue weighted by molar-refractivity contribution is -0.119.